The van der Waals surface area contributed by atoms with Gasteiger partial charge in [0.05, 0.1) is 16.9 Å². The maximum Gasteiger partial charge on any atom is 0.240 e. The third-order valence-electron chi connectivity index (χ3n) is 5.24. The molecule has 1 heterocycles. The van der Waals surface area contributed by atoms with E-state index in [1.54, 1.807) is 30.5 Å². The van der Waals surface area contributed by atoms with Crippen molar-refractivity contribution in [3.8, 4) is 0 Å². The number of carbonyl (C=O) groups excluding carboxylic acids is 2. The number of aryl methyl sites for hydroxylation is 1. The van der Waals surface area contributed by atoms with E-state index in [0.29, 0.717) is 10.7 Å². The zero-order valence-electron chi connectivity index (χ0n) is 17.6. The van der Waals surface area contributed by atoms with Gasteiger partial charge in [0.2, 0.25) is 11.8 Å². The van der Waals surface area contributed by atoms with Crippen LogP contribution in [0.25, 0.3) is 21.8 Å². The van der Waals surface area contributed by atoms with Crippen LogP contribution in [0.1, 0.15) is 25.3 Å². The fourth-order valence-electron chi connectivity index (χ4n) is 3.73. The summed E-state index contributed by atoms with van der Waals surface area (Å²) >= 11 is 6.02. The fourth-order valence-corrected chi connectivity index (χ4v) is 3.91. The Kier molecular flexibility index (Phi) is 6.52. The Morgan fingerprint density at radius 2 is 1.66 bits per heavy atom. The SMILES string of the molecule is CCn1c2ccccc2c2cc(C=NNC(=O)CCC(=O)Nc3ccccc3Cl)ccc21. The molecule has 0 saturated heterocycles. The number of fused-ring (bicyclic) bond motifs is 3. The van der Waals surface area contributed by atoms with Crippen LogP contribution in [0.4, 0.5) is 5.69 Å². The van der Waals surface area contributed by atoms with Crippen molar-refractivity contribution in [1.82, 2.24) is 9.99 Å². The van der Waals surface area contributed by atoms with Gasteiger partial charge in [0, 0.05) is 41.2 Å². The predicted octanol–water partition coefficient (Wildman–Crippen LogP) is 5.34. The molecule has 2 N–H and O–H groups in total. The number of rotatable bonds is 7. The molecule has 0 aliphatic heterocycles. The van der Waals surface area contributed by atoms with E-state index >= 15 is 0 Å². The lowest BCUT2D eigenvalue weighted by Crippen LogP contribution is -2.20. The van der Waals surface area contributed by atoms with Crippen LogP contribution in [0, 0.1) is 0 Å². The topological polar surface area (TPSA) is 75.5 Å². The molecule has 0 radical (unpaired) electrons. The number of anilines is 1. The average molecular weight is 447 g/mol. The Labute approximate surface area is 190 Å². The number of carbonyl (C=O) groups is 2. The van der Waals surface area contributed by atoms with E-state index in [1.165, 1.54) is 16.4 Å². The average Bonchev–Trinajstić information content (AvgIpc) is 3.12. The van der Waals surface area contributed by atoms with Crippen LogP contribution in [0.5, 0.6) is 0 Å². The van der Waals surface area contributed by atoms with Gasteiger partial charge in [-0.1, -0.05) is 48.0 Å². The molecule has 0 spiro atoms. The number of nitrogens with one attached hydrogen (secondary N) is 2. The molecule has 7 heteroatoms. The van der Waals surface area contributed by atoms with Crippen LogP contribution in [-0.2, 0) is 16.1 Å². The fraction of sp³-hybridized carbons (Fsp3) is 0.160. The summed E-state index contributed by atoms with van der Waals surface area (Å²) in [4.78, 5) is 24.1. The molecular formula is C25H23ClN4O2. The minimum absolute atomic E-state index is 0.0245. The number of para-hydroxylation sites is 2. The first-order chi connectivity index (χ1) is 15.6. The third-order valence-corrected chi connectivity index (χ3v) is 5.57. The van der Waals surface area contributed by atoms with E-state index in [4.69, 9.17) is 11.6 Å². The summed E-state index contributed by atoms with van der Waals surface area (Å²) in [5.41, 5.74) is 6.25. The molecule has 4 aromatic rings. The summed E-state index contributed by atoms with van der Waals surface area (Å²) in [5.74, 6) is -0.616. The van der Waals surface area contributed by atoms with Crippen molar-refractivity contribution >= 4 is 57.1 Å². The highest BCUT2D eigenvalue weighted by atomic mass is 35.5. The highest BCUT2D eigenvalue weighted by Crippen LogP contribution is 2.29. The smallest absolute Gasteiger partial charge is 0.240 e. The number of hydrogen-bond acceptors (Lipinski definition) is 3. The summed E-state index contributed by atoms with van der Waals surface area (Å²) in [6.45, 7) is 3.02. The van der Waals surface area contributed by atoms with Gasteiger partial charge in [0.1, 0.15) is 0 Å². The van der Waals surface area contributed by atoms with Gasteiger partial charge in [0.25, 0.3) is 0 Å². The quantitative estimate of drug-likeness (QED) is 0.297. The van der Waals surface area contributed by atoms with Crippen molar-refractivity contribution in [3.63, 3.8) is 0 Å². The van der Waals surface area contributed by atoms with Crippen molar-refractivity contribution in [2.75, 3.05) is 5.32 Å². The zero-order valence-corrected chi connectivity index (χ0v) is 18.4. The van der Waals surface area contributed by atoms with Crippen molar-refractivity contribution < 1.29 is 9.59 Å². The largest absolute Gasteiger partial charge is 0.341 e. The molecule has 0 atom stereocenters. The monoisotopic (exact) mass is 446 g/mol. The molecule has 0 aliphatic carbocycles. The number of hydrazone groups is 1. The lowest BCUT2D eigenvalue weighted by molar-refractivity contribution is -0.124. The molecule has 1 aromatic heterocycles. The summed E-state index contributed by atoms with van der Waals surface area (Å²) < 4.78 is 2.28. The molecular weight excluding hydrogens is 424 g/mol. The highest BCUT2D eigenvalue weighted by Gasteiger charge is 2.10. The van der Waals surface area contributed by atoms with Gasteiger partial charge in [-0.05, 0) is 42.8 Å². The second-order valence-corrected chi connectivity index (χ2v) is 7.77. The third kappa shape index (κ3) is 4.65. The van der Waals surface area contributed by atoms with Crippen molar-refractivity contribution in [3.05, 3.63) is 77.3 Å². The van der Waals surface area contributed by atoms with Gasteiger partial charge in [-0.15, -0.1) is 0 Å². The summed E-state index contributed by atoms with van der Waals surface area (Å²) in [6, 6.07) is 21.4. The van der Waals surface area contributed by atoms with Crippen LogP contribution in [-0.4, -0.2) is 22.6 Å². The Morgan fingerprint density at radius 1 is 0.938 bits per heavy atom. The summed E-state index contributed by atoms with van der Waals surface area (Å²) in [6.07, 6.45) is 1.67. The van der Waals surface area contributed by atoms with E-state index in [0.717, 1.165) is 17.5 Å². The van der Waals surface area contributed by atoms with Crippen LogP contribution < -0.4 is 10.7 Å². The van der Waals surface area contributed by atoms with Gasteiger partial charge in [-0.25, -0.2) is 5.43 Å². The molecule has 2 amide bonds. The predicted molar refractivity (Wildman–Crippen MR) is 130 cm³/mol. The van der Waals surface area contributed by atoms with Gasteiger partial charge in [0.15, 0.2) is 0 Å². The minimum Gasteiger partial charge on any atom is -0.341 e. The molecule has 32 heavy (non-hydrogen) atoms. The molecule has 0 fully saturated rings. The lowest BCUT2D eigenvalue weighted by atomic mass is 10.1. The minimum atomic E-state index is -0.334. The van der Waals surface area contributed by atoms with E-state index in [2.05, 4.69) is 51.6 Å². The first-order valence-corrected chi connectivity index (χ1v) is 10.8. The molecule has 0 saturated carbocycles. The van der Waals surface area contributed by atoms with E-state index in [-0.39, 0.29) is 24.7 Å². The van der Waals surface area contributed by atoms with Gasteiger partial charge < -0.3 is 9.88 Å². The summed E-state index contributed by atoms with van der Waals surface area (Å²) in [5, 5.41) is 9.53. The van der Waals surface area contributed by atoms with E-state index < -0.39 is 0 Å². The van der Waals surface area contributed by atoms with Crippen LogP contribution >= 0.6 is 11.6 Å². The summed E-state index contributed by atoms with van der Waals surface area (Å²) in [7, 11) is 0. The molecule has 6 nitrogen and oxygen atoms in total. The molecule has 0 unspecified atom stereocenters. The Hall–Kier alpha value is -3.64. The Morgan fingerprint density at radius 3 is 2.47 bits per heavy atom. The molecule has 3 aromatic carbocycles. The van der Waals surface area contributed by atoms with E-state index in [1.807, 2.05) is 18.2 Å². The lowest BCUT2D eigenvalue weighted by Gasteiger charge is -2.06. The van der Waals surface area contributed by atoms with Crippen molar-refractivity contribution in [2.45, 2.75) is 26.3 Å². The number of halogens is 1. The second kappa shape index (κ2) is 9.66. The maximum absolute atomic E-state index is 12.1. The van der Waals surface area contributed by atoms with Crippen LogP contribution in [0.2, 0.25) is 5.02 Å². The molecule has 0 aliphatic rings. The van der Waals surface area contributed by atoms with Crippen LogP contribution in [0.3, 0.4) is 0 Å². The molecule has 162 valence electrons. The first-order valence-electron chi connectivity index (χ1n) is 10.4. The van der Waals surface area contributed by atoms with Crippen molar-refractivity contribution in [2.24, 2.45) is 5.10 Å². The standard InChI is InChI=1S/C25H23ClN4O2/c1-2-30-22-10-6-3-7-18(22)19-15-17(11-12-23(19)30)16-27-29-25(32)14-13-24(31)28-21-9-5-4-8-20(21)26/h3-12,15-16H,2,13-14H2,1H3,(H,28,31)(H,29,32). The van der Waals surface area contributed by atoms with Gasteiger partial charge in [-0.2, -0.15) is 5.10 Å². The Bertz CT molecular complexity index is 1330. The van der Waals surface area contributed by atoms with Gasteiger partial charge in [-0.3, -0.25) is 9.59 Å². The maximum atomic E-state index is 12.1. The van der Waals surface area contributed by atoms with Gasteiger partial charge >= 0.3 is 0 Å². The molecule has 0 bridgehead atoms. The number of amides is 2. The number of aromatic nitrogens is 1. The van der Waals surface area contributed by atoms with E-state index in [9.17, 15) is 9.59 Å². The number of nitrogens with zero attached hydrogens (tertiary/aromatic N) is 2. The number of benzene rings is 3. The van der Waals surface area contributed by atoms with Crippen molar-refractivity contribution in [1.29, 1.82) is 0 Å². The second-order valence-electron chi connectivity index (χ2n) is 7.36. The molecule has 4 rings (SSSR count). The zero-order chi connectivity index (χ0) is 22.5. The van der Waals surface area contributed by atoms with Crippen LogP contribution in [0.15, 0.2) is 71.8 Å². The Balaban J connectivity index is 1.36. The highest BCUT2D eigenvalue weighted by molar-refractivity contribution is 6.33. The first kappa shape index (κ1) is 21.6. The normalized spacial score (nSPS) is 11.3. The number of hydrogen-bond donors (Lipinski definition) is 2.